The molecular formula is C36H40N2O2S. The monoisotopic (exact) mass is 564 g/mol. The van der Waals surface area contributed by atoms with Crippen LogP contribution in [0.25, 0.3) is 11.1 Å². The normalized spacial score (nSPS) is 14.1. The first-order chi connectivity index (χ1) is 20.0. The number of fused-ring (bicyclic) bond motifs is 3. The van der Waals surface area contributed by atoms with Crippen molar-refractivity contribution < 1.29 is 8.42 Å². The Morgan fingerprint density at radius 1 is 0.854 bits per heavy atom. The minimum atomic E-state index is -3.87. The molecule has 1 heterocycles. The van der Waals surface area contributed by atoms with Crippen LogP contribution in [0.5, 0.6) is 0 Å². The van der Waals surface area contributed by atoms with Crippen LogP contribution in [0.2, 0.25) is 0 Å². The molecule has 0 radical (unpaired) electrons. The van der Waals surface area contributed by atoms with Crippen molar-refractivity contribution in [2.75, 3.05) is 4.31 Å². The largest absolute Gasteiger partial charge is 0.265 e. The van der Waals surface area contributed by atoms with Crippen LogP contribution in [0.15, 0.2) is 83.8 Å². The maximum absolute atomic E-state index is 14.5. The number of hydrogen-bond donors (Lipinski definition) is 0. The molecular weight excluding hydrogens is 524 g/mol. The summed E-state index contributed by atoms with van der Waals surface area (Å²) in [5.41, 5.74) is 9.38. The van der Waals surface area contributed by atoms with Crippen molar-refractivity contribution in [1.82, 2.24) is 4.98 Å². The summed E-state index contributed by atoms with van der Waals surface area (Å²) in [4.78, 5) is 5.62. The van der Waals surface area contributed by atoms with Gasteiger partial charge in [-0.3, -0.25) is 0 Å². The Morgan fingerprint density at radius 3 is 2.29 bits per heavy atom. The Labute approximate surface area is 245 Å². The van der Waals surface area contributed by atoms with Gasteiger partial charge in [-0.15, -0.1) is 0 Å². The van der Waals surface area contributed by atoms with Gasteiger partial charge < -0.3 is 0 Å². The molecule has 3 aromatic carbocycles. The lowest BCUT2D eigenvalue weighted by Gasteiger charge is -2.29. The molecule has 0 spiro atoms. The van der Waals surface area contributed by atoms with Gasteiger partial charge in [0.25, 0.3) is 10.0 Å². The quantitative estimate of drug-likeness (QED) is 0.142. The summed E-state index contributed by atoms with van der Waals surface area (Å²) in [7, 11) is -3.87. The zero-order valence-corrected chi connectivity index (χ0v) is 25.1. The fourth-order valence-electron chi connectivity index (χ4n) is 6.25. The van der Waals surface area contributed by atoms with Crippen LogP contribution in [-0.4, -0.2) is 13.4 Å². The van der Waals surface area contributed by atoms with E-state index in [2.05, 4.69) is 31.2 Å². The predicted molar refractivity (Wildman–Crippen MR) is 168 cm³/mol. The third-order valence-electron chi connectivity index (χ3n) is 8.57. The third-order valence-corrected chi connectivity index (χ3v) is 10.3. The average Bonchev–Trinajstić information content (AvgIpc) is 3.76. The van der Waals surface area contributed by atoms with Gasteiger partial charge in [0.05, 0.1) is 17.1 Å². The molecule has 2 aliphatic carbocycles. The molecule has 0 saturated heterocycles. The lowest BCUT2D eigenvalue weighted by atomic mass is 9.91. The van der Waals surface area contributed by atoms with E-state index in [9.17, 15) is 8.42 Å². The zero-order chi connectivity index (χ0) is 28.4. The van der Waals surface area contributed by atoms with Crippen LogP contribution in [0, 0.1) is 6.92 Å². The first-order valence-electron chi connectivity index (χ1n) is 15.2. The molecule has 1 fully saturated rings. The summed E-state index contributed by atoms with van der Waals surface area (Å²) in [6.45, 7) is 4.47. The van der Waals surface area contributed by atoms with E-state index in [0.29, 0.717) is 16.6 Å². The highest BCUT2D eigenvalue weighted by Crippen LogP contribution is 2.52. The lowest BCUT2D eigenvalue weighted by Crippen LogP contribution is -2.33. The van der Waals surface area contributed by atoms with E-state index < -0.39 is 10.0 Å². The van der Waals surface area contributed by atoms with E-state index in [1.807, 2.05) is 49.4 Å². The summed E-state index contributed by atoms with van der Waals surface area (Å²) >= 11 is 0. The number of aromatic nitrogens is 1. The van der Waals surface area contributed by atoms with E-state index in [4.69, 9.17) is 4.98 Å². The van der Waals surface area contributed by atoms with Crippen molar-refractivity contribution in [3.8, 4) is 11.1 Å². The van der Waals surface area contributed by atoms with Gasteiger partial charge in [0.1, 0.15) is 5.82 Å². The van der Waals surface area contributed by atoms with Gasteiger partial charge in [0.2, 0.25) is 0 Å². The van der Waals surface area contributed by atoms with E-state index in [-0.39, 0.29) is 6.54 Å². The summed E-state index contributed by atoms with van der Waals surface area (Å²) in [5.74, 6) is 1.11. The van der Waals surface area contributed by atoms with Crippen LogP contribution < -0.4 is 4.31 Å². The van der Waals surface area contributed by atoms with Gasteiger partial charge in [-0.05, 0) is 78.5 Å². The maximum atomic E-state index is 14.5. The molecule has 5 heteroatoms. The van der Waals surface area contributed by atoms with Crippen LogP contribution >= 0.6 is 0 Å². The Morgan fingerprint density at radius 2 is 1.56 bits per heavy atom. The number of rotatable bonds is 12. The molecule has 0 N–H and O–H groups in total. The number of unbranched alkanes of at least 4 members (excludes halogenated alkanes) is 4. The van der Waals surface area contributed by atoms with Crippen LogP contribution in [0.3, 0.4) is 0 Å². The van der Waals surface area contributed by atoms with Crippen molar-refractivity contribution in [1.29, 1.82) is 0 Å². The topological polar surface area (TPSA) is 50.3 Å². The minimum absolute atomic E-state index is 0.253. The Bertz CT molecular complexity index is 1620. The second-order valence-electron chi connectivity index (χ2n) is 11.7. The highest BCUT2D eigenvalue weighted by Gasteiger charge is 2.38. The number of aryl methyl sites for hydroxylation is 1. The van der Waals surface area contributed by atoms with E-state index in [1.165, 1.54) is 41.5 Å². The zero-order valence-electron chi connectivity index (χ0n) is 24.3. The van der Waals surface area contributed by atoms with E-state index >= 15 is 0 Å². The van der Waals surface area contributed by atoms with Gasteiger partial charge in [0, 0.05) is 12.0 Å². The molecule has 1 saturated carbocycles. The summed E-state index contributed by atoms with van der Waals surface area (Å²) in [6.07, 6.45) is 9.75. The average molecular weight is 565 g/mol. The molecule has 1 aromatic heterocycles. The molecule has 4 nitrogen and oxygen atoms in total. The SMILES string of the molecule is CCCCCCCc1c(N(Cc2ccccc2)S(=O)(=O)c2ccc(C)cc2)nc2c(c1C1CC1)-c1ccccc1C2. The Hall–Kier alpha value is -3.44. The molecule has 212 valence electrons. The van der Waals surface area contributed by atoms with Crippen LogP contribution in [0.1, 0.15) is 91.3 Å². The van der Waals surface area contributed by atoms with Gasteiger partial charge in [-0.2, -0.15) is 0 Å². The van der Waals surface area contributed by atoms with Crippen molar-refractivity contribution in [3.05, 3.63) is 112 Å². The first-order valence-corrected chi connectivity index (χ1v) is 16.7. The van der Waals surface area contributed by atoms with Gasteiger partial charge >= 0.3 is 0 Å². The standard InChI is InChI=1S/C36H40N2O2S/c1-3-4-5-6-10-17-32-34(28-20-21-28)35-31-16-12-11-15-29(31)24-33(35)37-36(32)38(25-27-13-8-7-9-14-27)41(39,40)30-22-18-26(2)19-23-30/h7-9,11-16,18-19,22-23,28H,3-6,10,17,20-21,24-25H2,1-2H3. The van der Waals surface area contributed by atoms with Crippen molar-refractivity contribution >= 4 is 15.8 Å². The molecule has 41 heavy (non-hydrogen) atoms. The van der Waals surface area contributed by atoms with E-state index in [1.54, 1.807) is 16.4 Å². The number of hydrogen-bond acceptors (Lipinski definition) is 3. The van der Waals surface area contributed by atoms with Crippen molar-refractivity contribution in [3.63, 3.8) is 0 Å². The number of benzene rings is 3. The highest BCUT2D eigenvalue weighted by molar-refractivity contribution is 7.92. The Balaban J connectivity index is 1.54. The first kappa shape index (κ1) is 27.7. The number of pyridine rings is 1. The number of nitrogens with zero attached hydrogens (tertiary/aromatic N) is 2. The highest BCUT2D eigenvalue weighted by atomic mass is 32.2. The van der Waals surface area contributed by atoms with Gasteiger partial charge in [-0.25, -0.2) is 17.7 Å². The molecule has 0 bridgehead atoms. The number of anilines is 1. The van der Waals surface area contributed by atoms with Crippen LogP contribution in [-0.2, 0) is 29.4 Å². The lowest BCUT2D eigenvalue weighted by molar-refractivity contribution is 0.588. The molecule has 0 unspecified atom stereocenters. The fourth-order valence-corrected chi connectivity index (χ4v) is 7.68. The number of sulfonamides is 1. The summed E-state index contributed by atoms with van der Waals surface area (Å²) in [5, 5.41) is 0. The molecule has 0 atom stereocenters. The molecule has 6 rings (SSSR count). The second kappa shape index (κ2) is 11.8. The minimum Gasteiger partial charge on any atom is -0.245 e. The molecule has 2 aliphatic rings. The van der Waals surface area contributed by atoms with Crippen LogP contribution in [0.4, 0.5) is 5.82 Å². The summed E-state index contributed by atoms with van der Waals surface area (Å²) < 4.78 is 30.6. The fraction of sp³-hybridized carbons (Fsp3) is 0.361. The molecule has 4 aromatic rings. The second-order valence-corrected chi connectivity index (χ2v) is 13.6. The molecule has 0 aliphatic heterocycles. The molecule has 0 amide bonds. The smallest absolute Gasteiger partial charge is 0.245 e. The van der Waals surface area contributed by atoms with Crippen molar-refractivity contribution in [2.24, 2.45) is 0 Å². The van der Waals surface area contributed by atoms with Gasteiger partial charge in [0.15, 0.2) is 0 Å². The van der Waals surface area contributed by atoms with E-state index in [0.717, 1.165) is 60.9 Å². The third kappa shape index (κ3) is 5.70. The Kier molecular flexibility index (Phi) is 7.99. The summed E-state index contributed by atoms with van der Waals surface area (Å²) in [6, 6.07) is 25.8. The van der Waals surface area contributed by atoms with Crippen molar-refractivity contribution in [2.45, 2.75) is 89.0 Å². The predicted octanol–water partition coefficient (Wildman–Crippen LogP) is 8.75. The maximum Gasteiger partial charge on any atom is 0.265 e. The van der Waals surface area contributed by atoms with Gasteiger partial charge in [-0.1, -0.05) is 105 Å².